The molecule has 2 saturated heterocycles. The van der Waals surface area contributed by atoms with E-state index in [1.165, 1.54) is 44.6 Å². The molecule has 0 spiro atoms. The molecule has 0 aromatic heterocycles. The first-order valence-corrected chi connectivity index (χ1v) is 8.06. The van der Waals surface area contributed by atoms with E-state index in [4.69, 9.17) is 23.7 Å². The number of benzene rings is 1. The van der Waals surface area contributed by atoms with Crippen molar-refractivity contribution >= 4 is 23.4 Å². The fourth-order valence-electron chi connectivity index (χ4n) is 3.71. The van der Waals surface area contributed by atoms with E-state index in [0.29, 0.717) is 5.56 Å². The maximum absolute atomic E-state index is 12.6. The Morgan fingerprint density at radius 2 is 1.96 bits per heavy atom. The number of hydrogen-bond donors (Lipinski definition) is 0. The van der Waals surface area contributed by atoms with Gasteiger partial charge in [-0.05, 0) is 18.2 Å². The van der Waals surface area contributed by atoms with Crippen molar-refractivity contribution in [2.24, 2.45) is 11.8 Å². The molecule has 0 radical (unpaired) electrons. The first-order valence-electron chi connectivity index (χ1n) is 8.06. The van der Waals surface area contributed by atoms with Gasteiger partial charge in [0.05, 0.1) is 23.9 Å². The molecule has 5 atom stereocenters. The Morgan fingerprint density at radius 1 is 1.26 bits per heavy atom. The second-order valence-corrected chi connectivity index (χ2v) is 6.27. The summed E-state index contributed by atoms with van der Waals surface area (Å²) in [5.41, 5.74) is 0.329. The highest BCUT2D eigenvalue weighted by Gasteiger charge is 2.72. The number of ether oxygens (including phenoxy) is 5. The lowest BCUT2D eigenvalue weighted by atomic mass is 9.81. The fraction of sp³-hybridized carbons (Fsp3) is 0.412. The predicted molar refractivity (Wildman–Crippen MR) is 85.6 cm³/mol. The quantitative estimate of drug-likeness (QED) is 0.429. The van der Waals surface area contributed by atoms with Gasteiger partial charge in [-0.1, -0.05) is 0 Å². The number of nitrogens with zero attached hydrogens (tertiary/aromatic N) is 1. The van der Waals surface area contributed by atoms with Crippen LogP contribution in [-0.4, -0.2) is 49.3 Å². The molecule has 4 rings (SSSR count). The molecule has 0 saturated carbocycles. The lowest BCUT2D eigenvalue weighted by Gasteiger charge is -2.36. The van der Waals surface area contributed by atoms with E-state index < -0.39 is 46.9 Å². The molecule has 2 fully saturated rings. The number of carbonyl (C=O) groups excluding carboxylic acids is 2. The summed E-state index contributed by atoms with van der Waals surface area (Å²) in [5.74, 6) is -4.70. The predicted octanol–water partition coefficient (Wildman–Crippen LogP) is 0.996. The third-order valence-corrected chi connectivity index (χ3v) is 4.92. The van der Waals surface area contributed by atoms with Crippen LogP contribution in [0.25, 0.3) is 5.76 Å². The number of nitro groups is 1. The second-order valence-electron chi connectivity index (χ2n) is 6.27. The van der Waals surface area contributed by atoms with Crippen molar-refractivity contribution in [1.82, 2.24) is 0 Å². The van der Waals surface area contributed by atoms with Gasteiger partial charge >= 0.3 is 17.7 Å². The molecule has 10 heteroatoms. The summed E-state index contributed by atoms with van der Waals surface area (Å²) >= 11 is 0. The highest BCUT2D eigenvalue weighted by Crippen LogP contribution is 2.54. The maximum atomic E-state index is 12.6. The summed E-state index contributed by atoms with van der Waals surface area (Å²) in [4.78, 5) is 35.2. The summed E-state index contributed by atoms with van der Waals surface area (Å²) < 4.78 is 27.0. The van der Waals surface area contributed by atoms with Gasteiger partial charge in [0.1, 0.15) is 5.76 Å². The summed E-state index contributed by atoms with van der Waals surface area (Å²) in [6.07, 6.45) is -0.287. The monoisotopic (exact) mass is 377 g/mol. The van der Waals surface area contributed by atoms with Crippen LogP contribution in [0.2, 0.25) is 0 Å². The Hall–Kier alpha value is -2.98. The van der Waals surface area contributed by atoms with Crippen LogP contribution in [0, 0.1) is 22.0 Å². The van der Waals surface area contributed by atoms with Crippen molar-refractivity contribution in [2.75, 3.05) is 14.2 Å². The summed E-state index contributed by atoms with van der Waals surface area (Å²) in [7, 11) is 2.54. The van der Waals surface area contributed by atoms with E-state index >= 15 is 0 Å². The molecule has 3 heterocycles. The van der Waals surface area contributed by atoms with Crippen molar-refractivity contribution < 1.29 is 38.2 Å². The second kappa shape index (κ2) is 6.03. The molecule has 3 aliphatic rings. The van der Waals surface area contributed by atoms with Crippen LogP contribution in [0.3, 0.4) is 0 Å². The van der Waals surface area contributed by atoms with E-state index in [2.05, 4.69) is 0 Å². The molecule has 142 valence electrons. The normalized spacial score (nSPS) is 33.6. The van der Waals surface area contributed by atoms with Crippen LogP contribution in [0.15, 0.2) is 30.3 Å². The lowest BCUT2D eigenvalue weighted by molar-refractivity contribution is -0.384. The van der Waals surface area contributed by atoms with Gasteiger partial charge in [-0.3, -0.25) is 19.6 Å². The lowest BCUT2D eigenvalue weighted by Crippen LogP contribution is -2.52. The van der Waals surface area contributed by atoms with Crippen molar-refractivity contribution in [2.45, 2.75) is 18.2 Å². The average molecular weight is 377 g/mol. The number of nitro benzene ring substituents is 1. The Balaban J connectivity index is 1.78. The van der Waals surface area contributed by atoms with E-state index in [1.54, 1.807) is 0 Å². The van der Waals surface area contributed by atoms with Crippen molar-refractivity contribution in [1.29, 1.82) is 0 Å². The Bertz CT molecular complexity index is 848. The number of hydrogen-bond acceptors (Lipinski definition) is 9. The fourth-order valence-corrected chi connectivity index (χ4v) is 3.71. The molecule has 10 nitrogen and oxygen atoms in total. The molecule has 27 heavy (non-hydrogen) atoms. The Morgan fingerprint density at radius 3 is 2.56 bits per heavy atom. The summed E-state index contributed by atoms with van der Waals surface area (Å²) in [6, 6.07) is 5.49. The first kappa shape index (κ1) is 17.4. The van der Waals surface area contributed by atoms with Gasteiger partial charge < -0.3 is 18.9 Å². The minimum absolute atomic E-state index is 0.104. The smallest absolute Gasteiger partial charge is 0.380 e. The summed E-state index contributed by atoms with van der Waals surface area (Å²) in [5, 5.41) is 10.8. The van der Waals surface area contributed by atoms with Gasteiger partial charge in [0.25, 0.3) is 5.69 Å². The number of methoxy groups -OCH3 is 2. The molecule has 1 aromatic carbocycles. The Labute approximate surface area is 152 Å². The van der Waals surface area contributed by atoms with E-state index in [9.17, 15) is 19.7 Å². The van der Waals surface area contributed by atoms with Crippen LogP contribution < -0.4 is 0 Å². The standard InChI is InChI=1S/C17H15NO9/c1-23-15-13-12-10(14(19)25-13)7-11(26-17(12,27-15)16(20)24-2)8-3-5-9(6-4-8)18(21)22/h3-7,10,12-13,15H,1-2H3/t10-,12+,13-,15-,17+/m1/s1. The zero-order chi connectivity index (χ0) is 19.3. The van der Waals surface area contributed by atoms with Crippen molar-refractivity contribution in [3.05, 3.63) is 46.0 Å². The van der Waals surface area contributed by atoms with Gasteiger partial charge in [0, 0.05) is 24.8 Å². The first-order chi connectivity index (χ1) is 12.9. The highest BCUT2D eigenvalue weighted by molar-refractivity contribution is 5.88. The number of carbonyl (C=O) groups is 2. The molecule has 3 aliphatic heterocycles. The SMILES string of the molecule is COC(=O)[C@@]12OC(c3ccc([N+](=O)[O-])cc3)=C[C@H]3C(=O)O[C@@H]([C@H](OC)O1)[C@H]32. The number of rotatable bonds is 4. The van der Waals surface area contributed by atoms with Gasteiger partial charge in [-0.25, -0.2) is 4.79 Å². The average Bonchev–Trinajstić information content (AvgIpc) is 3.19. The minimum atomic E-state index is -1.91. The topological polar surface area (TPSA) is 123 Å². The highest BCUT2D eigenvalue weighted by atomic mass is 16.8. The Kier molecular flexibility index (Phi) is 3.89. The maximum Gasteiger partial charge on any atom is 0.380 e. The van der Waals surface area contributed by atoms with E-state index in [-0.39, 0.29) is 11.4 Å². The van der Waals surface area contributed by atoms with Crippen LogP contribution in [-0.2, 0) is 33.3 Å². The van der Waals surface area contributed by atoms with Crippen molar-refractivity contribution in [3.63, 3.8) is 0 Å². The summed E-state index contributed by atoms with van der Waals surface area (Å²) in [6.45, 7) is 0. The van der Waals surface area contributed by atoms with Crippen LogP contribution in [0.4, 0.5) is 5.69 Å². The number of esters is 2. The molecule has 0 aliphatic carbocycles. The third-order valence-electron chi connectivity index (χ3n) is 4.92. The molecule has 0 amide bonds. The zero-order valence-corrected chi connectivity index (χ0v) is 14.3. The molecule has 0 N–H and O–H groups in total. The van der Waals surface area contributed by atoms with Gasteiger partial charge in [-0.2, -0.15) is 0 Å². The largest absolute Gasteiger partial charge is 0.464 e. The molecule has 1 aromatic rings. The van der Waals surface area contributed by atoms with Gasteiger partial charge in [0.15, 0.2) is 12.4 Å². The third kappa shape index (κ3) is 2.41. The van der Waals surface area contributed by atoms with E-state index in [1.807, 2.05) is 0 Å². The molecule has 0 bridgehead atoms. The van der Waals surface area contributed by atoms with Gasteiger partial charge in [-0.15, -0.1) is 0 Å². The van der Waals surface area contributed by atoms with Gasteiger partial charge in [0.2, 0.25) is 0 Å². The molecular weight excluding hydrogens is 362 g/mol. The molecular formula is C17H15NO9. The molecule has 0 unspecified atom stereocenters. The number of non-ortho nitro benzene ring substituents is 1. The minimum Gasteiger partial charge on any atom is -0.464 e. The van der Waals surface area contributed by atoms with Crippen LogP contribution in [0.1, 0.15) is 5.56 Å². The van der Waals surface area contributed by atoms with Crippen LogP contribution in [0.5, 0.6) is 0 Å². The zero-order valence-electron chi connectivity index (χ0n) is 14.3. The van der Waals surface area contributed by atoms with E-state index in [0.717, 1.165) is 0 Å². The van der Waals surface area contributed by atoms with Crippen LogP contribution >= 0.6 is 0 Å². The van der Waals surface area contributed by atoms with Crippen molar-refractivity contribution in [3.8, 4) is 0 Å².